The number of rotatable bonds is 12. The summed E-state index contributed by atoms with van der Waals surface area (Å²) in [5.41, 5.74) is 5.47. The first kappa shape index (κ1) is 26.0. The minimum atomic E-state index is -0.364. The lowest BCUT2D eigenvalue weighted by molar-refractivity contribution is 0.487. The molecule has 0 aliphatic carbocycles. The Morgan fingerprint density at radius 3 is 2.39 bits per heavy atom. The van der Waals surface area contributed by atoms with Crippen LogP contribution in [0.4, 0.5) is 15.9 Å². The number of aryl methyl sites for hydroxylation is 1. The number of nitrogens with zero attached hydrogens (tertiary/aromatic N) is 2. The summed E-state index contributed by atoms with van der Waals surface area (Å²) >= 11 is 0. The molecule has 0 spiro atoms. The Hall–Kier alpha value is -3.21. The lowest BCUT2D eigenvalue weighted by Crippen LogP contribution is -2.27. The molecule has 0 radical (unpaired) electrons. The molecule has 2 N–H and O–H groups in total. The Kier molecular flexibility index (Phi) is 10.5. The number of aromatic nitrogens is 1. The van der Waals surface area contributed by atoms with Gasteiger partial charge in [0.1, 0.15) is 0 Å². The maximum atomic E-state index is 14.0. The van der Waals surface area contributed by atoms with Crippen LogP contribution in [-0.2, 0) is 0 Å². The van der Waals surface area contributed by atoms with Crippen molar-refractivity contribution in [1.29, 1.82) is 0 Å². The largest absolute Gasteiger partial charge is 0.383 e. The zero-order valence-electron chi connectivity index (χ0n) is 20.6. The number of pyridine rings is 1. The number of benzene rings is 1. The molecule has 0 fully saturated rings. The van der Waals surface area contributed by atoms with Crippen molar-refractivity contribution >= 4 is 22.8 Å². The number of anilines is 2. The Morgan fingerprint density at radius 1 is 1.12 bits per heavy atom. The first-order chi connectivity index (χ1) is 15.8. The molecule has 0 saturated carbocycles. The van der Waals surface area contributed by atoms with E-state index >= 15 is 0 Å². The number of nitrogens with one attached hydrogen (secondary N) is 2. The summed E-state index contributed by atoms with van der Waals surface area (Å²) in [5.74, 6) is -0.142. The van der Waals surface area contributed by atoms with Crippen LogP contribution in [0.2, 0.25) is 0 Å². The van der Waals surface area contributed by atoms with Crippen molar-refractivity contribution in [2.24, 2.45) is 4.99 Å². The van der Waals surface area contributed by atoms with Gasteiger partial charge in [-0.15, -0.1) is 0 Å². The molecule has 0 unspecified atom stereocenters. The van der Waals surface area contributed by atoms with Gasteiger partial charge >= 0.3 is 0 Å². The molecule has 0 bridgehead atoms. The van der Waals surface area contributed by atoms with E-state index in [1.165, 1.54) is 6.07 Å². The fourth-order valence-electron chi connectivity index (χ4n) is 3.41. The zero-order chi connectivity index (χ0) is 24.2. The third-order valence-corrected chi connectivity index (χ3v) is 5.23. The molecule has 2 aromatic rings. The van der Waals surface area contributed by atoms with Gasteiger partial charge in [-0.25, -0.2) is 9.37 Å². The monoisotopic (exact) mass is 448 g/mol. The minimum absolute atomic E-state index is 0.222. The number of allylic oxidation sites excluding steroid dienone is 3. The highest BCUT2D eigenvalue weighted by atomic mass is 19.1. The van der Waals surface area contributed by atoms with Gasteiger partial charge in [0.05, 0.1) is 0 Å². The molecule has 176 valence electrons. The summed E-state index contributed by atoms with van der Waals surface area (Å²) < 4.78 is 14.0. The van der Waals surface area contributed by atoms with Gasteiger partial charge in [0.15, 0.2) is 11.6 Å². The summed E-state index contributed by atoms with van der Waals surface area (Å²) in [6, 6.07) is 9.71. The standard InChI is InChI=1S/C28H37FN4/c1-7-9-25(10-8-2)32-23(6)12-11-22(5)30-19-21(4)24-13-15-26(16-14-24)33-28-27(29)17-20(3)18-31-28/h11-19,25,32H,6-10H2,1-5H3,(H,31,33)/b12-11-,21-19+,30-22-. The van der Waals surface area contributed by atoms with Crippen LogP contribution in [0, 0.1) is 12.7 Å². The van der Waals surface area contributed by atoms with E-state index in [2.05, 4.69) is 41.0 Å². The quantitative estimate of drug-likeness (QED) is 0.258. The van der Waals surface area contributed by atoms with Crippen LogP contribution < -0.4 is 10.6 Å². The molecule has 1 aromatic carbocycles. The first-order valence-electron chi connectivity index (χ1n) is 11.7. The van der Waals surface area contributed by atoms with Crippen LogP contribution in [-0.4, -0.2) is 16.7 Å². The van der Waals surface area contributed by atoms with Gasteiger partial charge in [0.2, 0.25) is 0 Å². The number of aliphatic imine (C=N–C) groups is 1. The average molecular weight is 449 g/mol. The highest BCUT2D eigenvalue weighted by molar-refractivity contribution is 5.94. The van der Waals surface area contributed by atoms with Crippen LogP contribution in [0.3, 0.4) is 0 Å². The van der Waals surface area contributed by atoms with E-state index in [1.807, 2.05) is 63.4 Å². The van der Waals surface area contributed by atoms with Gasteiger partial charge in [-0.05, 0) is 80.7 Å². The summed E-state index contributed by atoms with van der Waals surface area (Å²) in [6.07, 6.45) is 12.1. The van der Waals surface area contributed by atoms with E-state index in [0.29, 0.717) is 6.04 Å². The van der Waals surface area contributed by atoms with E-state index in [9.17, 15) is 4.39 Å². The number of halogens is 1. The third kappa shape index (κ3) is 9.05. The fourth-order valence-corrected chi connectivity index (χ4v) is 3.41. The number of hydrogen-bond donors (Lipinski definition) is 2. The van der Waals surface area contributed by atoms with E-state index in [0.717, 1.165) is 59.5 Å². The molecule has 0 amide bonds. The molecule has 5 heteroatoms. The van der Waals surface area contributed by atoms with Gasteiger partial charge < -0.3 is 10.6 Å². The van der Waals surface area contributed by atoms with E-state index in [4.69, 9.17) is 0 Å². The number of hydrogen-bond acceptors (Lipinski definition) is 4. The molecule has 0 atom stereocenters. The molecule has 0 aliphatic heterocycles. The highest BCUT2D eigenvalue weighted by Crippen LogP contribution is 2.21. The molecular weight excluding hydrogens is 411 g/mol. The molecule has 0 aliphatic rings. The van der Waals surface area contributed by atoms with Crippen molar-refractivity contribution in [3.8, 4) is 0 Å². The van der Waals surface area contributed by atoms with Crippen LogP contribution >= 0.6 is 0 Å². The first-order valence-corrected chi connectivity index (χ1v) is 11.7. The normalized spacial score (nSPS) is 12.5. The average Bonchev–Trinajstić information content (AvgIpc) is 2.79. The Balaban J connectivity index is 1.96. The summed E-state index contributed by atoms with van der Waals surface area (Å²) in [7, 11) is 0. The molecule has 1 aromatic heterocycles. The van der Waals surface area contributed by atoms with E-state index < -0.39 is 0 Å². The van der Waals surface area contributed by atoms with Gasteiger partial charge in [-0.2, -0.15) is 0 Å². The van der Waals surface area contributed by atoms with Gasteiger partial charge in [-0.3, -0.25) is 4.99 Å². The zero-order valence-corrected chi connectivity index (χ0v) is 20.6. The lowest BCUT2D eigenvalue weighted by Gasteiger charge is -2.18. The lowest BCUT2D eigenvalue weighted by atomic mass is 10.1. The van der Waals surface area contributed by atoms with Crippen molar-refractivity contribution < 1.29 is 4.39 Å². The summed E-state index contributed by atoms with van der Waals surface area (Å²) in [6.45, 7) is 14.3. The van der Waals surface area contributed by atoms with Gasteiger partial charge in [0, 0.05) is 35.5 Å². The van der Waals surface area contributed by atoms with Crippen molar-refractivity contribution in [2.75, 3.05) is 5.32 Å². The van der Waals surface area contributed by atoms with Crippen LogP contribution in [0.5, 0.6) is 0 Å². The molecule has 4 nitrogen and oxygen atoms in total. The van der Waals surface area contributed by atoms with Crippen molar-refractivity contribution in [2.45, 2.75) is 66.3 Å². The van der Waals surface area contributed by atoms with Crippen LogP contribution in [0.25, 0.3) is 5.57 Å². The third-order valence-electron chi connectivity index (χ3n) is 5.23. The molecule has 33 heavy (non-hydrogen) atoms. The smallest absolute Gasteiger partial charge is 0.166 e. The summed E-state index contributed by atoms with van der Waals surface area (Å²) in [5, 5.41) is 6.52. The predicted octanol–water partition coefficient (Wildman–Crippen LogP) is 7.72. The van der Waals surface area contributed by atoms with Gasteiger partial charge in [-0.1, -0.05) is 45.4 Å². The van der Waals surface area contributed by atoms with Crippen molar-refractivity contribution in [3.05, 3.63) is 84.1 Å². The van der Waals surface area contributed by atoms with E-state index in [1.54, 1.807) is 6.20 Å². The molecular formula is C28H37FN4. The van der Waals surface area contributed by atoms with Gasteiger partial charge in [0.25, 0.3) is 0 Å². The second kappa shape index (κ2) is 13.4. The van der Waals surface area contributed by atoms with Crippen LogP contribution in [0.1, 0.15) is 64.5 Å². The topological polar surface area (TPSA) is 49.3 Å². The Morgan fingerprint density at radius 2 is 1.79 bits per heavy atom. The second-order valence-corrected chi connectivity index (χ2v) is 8.41. The maximum Gasteiger partial charge on any atom is 0.166 e. The Labute approximate surface area is 198 Å². The van der Waals surface area contributed by atoms with E-state index in [-0.39, 0.29) is 11.6 Å². The maximum absolute atomic E-state index is 14.0. The molecule has 1 heterocycles. The predicted molar refractivity (Wildman–Crippen MR) is 140 cm³/mol. The second-order valence-electron chi connectivity index (χ2n) is 8.41. The van der Waals surface area contributed by atoms with Crippen molar-refractivity contribution in [1.82, 2.24) is 10.3 Å². The van der Waals surface area contributed by atoms with Crippen molar-refractivity contribution in [3.63, 3.8) is 0 Å². The molecule has 2 rings (SSSR count). The fraction of sp³-hybridized carbons (Fsp3) is 0.357. The summed E-state index contributed by atoms with van der Waals surface area (Å²) in [4.78, 5) is 8.67. The minimum Gasteiger partial charge on any atom is -0.383 e. The van der Waals surface area contributed by atoms with Crippen LogP contribution in [0.15, 0.2) is 72.1 Å². The Bertz CT molecular complexity index is 997. The SMILES string of the molecule is C=C(\C=C/C(C)=N\C=C(/C)c1ccc(Nc2ncc(C)cc2F)cc1)NC(CCC)CCC. The molecule has 0 saturated heterocycles. The highest BCUT2D eigenvalue weighted by Gasteiger charge is 2.06.